The molecule has 0 bridgehead atoms. The molecule has 2 aromatic carbocycles. The van der Waals surface area contributed by atoms with Crippen molar-refractivity contribution in [2.75, 3.05) is 25.5 Å². The van der Waals surface area contributed by atoms with E-state index in [0.29, 0.717) is 18.8 Å². The molecule has 0 radical (unpaired) electrons. The Labute approximate surface area is 215 Å². The molecule has 0 aliphatic carbocycles. The first-order valence-corrected chi connectivity index (χ1v) is 13.0. The van der Waals surface area contributed by atoms with Crippen LogP contribution in [0.1, 0.15) is 53.2 Å². The molecular formula is C28H31N3O4S. The summed E-state index contributed by atoms with van der Waals surface area (Å²) in [7, 11) is 1.33. The highest BCUT2D eigenvalue weighted by molar-refractivity contribution is 7.10. The minimum Gasteiger partial charge on any atom is -0.469 e. The molecule has 1 aromatic heterocycles. The van der Waals surface area contributed by atoms with Crippen molar-refractivity contribution in [3.8, 4) is 11.1 Å². The molecule has 36 heavy (non-hydrogen) atoms. The third-order valence-electron chi connectivity index (χ3n) is 6.57. The Balaban J connectivity index is 1.37. The van der Waals surface area contributed by atoms with E-state index in [1.807, 2.05) is 36.1 Å². The molecule has 0 unspecified atom stereocenters. The first kappa shape index (κ1) is 25.6. The summed E-state index contributed by atoms with van der Waals surface area (Å²) in [6, 6.07) is 16.0. The van der Waals surface area contributed by atoms with Gasteiger partial charge in [-0.15, -0.1) is 11.3 Å². The van der Waals surface area contributed by atoms with Crippen molar-refractivity contribution in [2.24, 2.45) is 5.92 Å². The smallest absolute Gasteiger partial charge is 0.306 e. The molecular weight excluding hydrogens is 474 g/mol. The number of hydrogen-bond donors (Lipinski definition) is 1. The summed E-state index contributed by atoms with van der Waals surface area (Å²) in [5.74, 6) is -0.823. The molecule has 2 amide bonds. The maximum Gasteiger partial charge on any atom is 0.306 e. The van der Waals surface area contributed by atoms with Crippen LogP contribution in [0.15, 0.2) is 53.9 Å². The molecule has 1 aliphatic rings. The van der Waals surface area contributed by atoms with E-state index in [4.69, 9.17) is 0 Å². The number of likely N-dealkylation sites (tertiary alicyclic amines) is 1. The van der Waals surface area contributed by atoms with Gasteiger partial charge in [-0.25, -0.2) is 4.98 Å². The Bertz CT molecular complexity index is 1230. The van der Waals surface area contributed by atoms with E-state index in [1.165, 1.54) is 24.0 Å². The van der Waals surface area contributed by atoms with Crippen LogP contribution in [0.3, 0.4) is 0 Å². The summed E-state index contributed by atoms with van der Waals surface area (Å²) in [4.78, 5) is 43.6. The van der Waals surface area contributed by atoms with Crippen molar-refractivity contribution in [3.05, 3.63) is 70.2 Å². The molecule has 3 aromatic rings. The van der Waals surface area contributed by atoms with Crippen LogP contribution < -0.4 is 5.32 Å². The first-order chi connectivity index (χ1) is 17.4. The number of esters is 1. The topological polar surface area (TPSA) is 88.6 Å². The van der Waals surface area contributed by atoms with E-state index in [9.17, 15) is 14.4 Å². The van der Waals surface area contributed by atoms with Gasteiger partial charge in [-0.05, 0) is 31.4 Å². The fourth-order valence-electron chi connectivity index (χ4n) is 4.42. The third kappa shape index (κ3) is 5.99. The number of anilines is 1. The fraction of sp³-hybridized carbons (Fsp3) is 0.357. The van der Waals surface area contributed by atoms with Crippen molar-refractivity contribution in [1.29, 1.82) is 0 Å². The number of hydrogen-bond acceptors (Lipinski definition) is 6. The van der Waals surface area contributed by atoms with Crippen LogP contribution >= 0.6 is 11.3 Å². The molecule has 188 valence electrons. The van der Waals surface area contributed by atoms with Gasteiger partial charge in [0.15, 0.2) is 0 Å². The number of carbonyl (C=O) groups is 3. The molecule has 1 aliphatic heterocycles. The predicted octanol–water partition coefficient (Wildman–Crippen LogP) is 5.28. The minimum absolute atomic E-state index is 0.0229. The van der Waals surface area contributed by atoms with Crippen LogP contribution in [-0.4, -0.2) is 47.9 Å². The van der Waals surface area contributed by atoms with Crippen molar-refractivity contribution < 1.29 is 19.1 Å². The van der Waals surface area contributed by atoms with Gasteiger partial charge in [0.2, 0.25) is 5.91 Å². The van der Waals surface area contributed by atoms with Gasteiger partial charge >= 0.3 is 5.97 Å². The van der Waals surface area contributed by atoms with Gasteiger partial charge in [-0.1, -0.05) is 55.0 Å². The molecule has 1 N–H and O–H groups in total. The number of methoxy groups -OCH3 is 1. The Morgan fingerprint density at radius 3 is 2.50 bits per heavy atom. The fourth-order valence-corrected chi connectivity index (χ4v) is 5.39. The zero-order chi connectivity index (χ0) is 25.7. The number of aromatic nitrogens is 1. The number of rotatable bonds is 7. The molecule has 2 heterocycles. The molecule has 1 saturated heterocycles. The lowest BCUT2D eigenvalue weighted by Crippen LogP contribution is -2.41. The van der Waals surface area contributed by atoms with Crippen molar-refractivity contribution in [3.63, 3.8) is 0 Å². The van der Waals surface area contributed by atoms with E-state index < -0.39 is 5.92 Å². The Hall–Kier alpha value is -3.52. The molecule has 0 saturated carbocycles. The van der Waals surface area contributed by atoms with Gasteiger partial charge in [-0.3, -0.25) is 14.4 Å². The maximum atomic E-state index is 13.0. The SMILES string of the molecule is COC(=O)C[C@@H](C)C(=O)N1CCC(c2nc(C(=O)Nc3ccccc3-c3ccc(C)cc3)cs2)CC1. The van der Waals surface area contributed by atoms with Crippen molar-refractivity contribution in [1.82, 2.24) is 9.88 Å². The Morgan fingerprint density at radius 1 is 1.11 bits per heavy atom. The second kappa shape index (κ2) is 11.5. The zero-order valence-electron chi connectivity index (χ0n) is 20.8. The lowest BCUT2D eigenvalue weighted by molar-refractivity contribution is -0.146. The van der Waals surface area contributed by atoms with Gasteiger partial charge in [0, 0.05) is 41.6 Å². The second-order valence-electron chi connectivity index (χ2n) is 9.22. The molecule has 1 atom stereocenters. The van der Waals surface area contributed by atoms with E-state index >= 15 is 0 Å². The molecule has 7 nitrogen and oxygen atoms in total. The van der Waals surface area contributed by atoms with Crippen LogP contribution in [0.4, 0.5) is 5.69 Å². The number of carbonyl (C=O) groups excluding carboxylic acids is 3. The van der Waals surface area contributed by atoms with E-state index in [0.717, 1.165) is 34.7 Å². The number of para-hydroxylation sites is 1. The summed E-state index contributed by atoms with van der Waals surface area (Å²) in [5, 5.41) is 5.74. The van der Waals surface area contributed by atoms with Gasteiger partial charge in [-0.2, -0.15) is 0 Å². The lowest BCUT2D eigenvalue weighted by atomic mass is 9.96. The summed E-state index contributed by atoms with van der Waals surface area (Å²) in [5.41, 5.74) is 4.33. The minimum atomic E-state index is -0.396. The van der Waals surface area contributed by atoms with E-state index in [2.05, 4.69) is 39.3 Å². The number of ether oxygens (including phenoxy) is 1. The Kier molecular flexibility index (Phi) is 8.15. The maximum absolute atomic E-state index is 13.0. The van der Waals surface area contributed by atoms with Crippen molar-refractivity contribution >= 4 is 34.8 Å². The summed E-state index contributed by atoms with van der Waals surface area (Å²) in [6.07, 6.45) is 1.65. The zero-order valence-corrected chi connectivity index (χ0v) is 21.6. The average molecular weight is 506 g/mol. The number of piperidine rings is 1. The van der Waals surface area contributed by atoms with Crippen molar-refractivity contribution in [2.45, 2.75) is 39.0 Å². The highest BCUT2D eigenvalue weighted by atomic mass is 32.1. The highest BCUT2D eigenvalue weighted by Gasteiger charge is 2.29. The quantitative estimate of drug-likeness (QED) is 0.442. The molecule has 1 fully saturated rings. The van der Waals surface area contributed by atoms with Crippen LogP contribution in [0, 0.1) is 12.8 Å². The molecule has 4 rings (SSSR count). The normalized spacial score (nSPS) is 14.8. The van der Waals surface area contributed by atoms with Crippen LogP contribution in [0.25, 0.3) is 11.1 Å². The number of amides is 2. The number of aryl methyl sites for hydroxylation is 1. The Morgan fingerprint density at radius 2 is 1.81 bits per heavy atom. The second-order valence-corrected chi connectivity index (χ2v) is 10.1. The summed E-state index contributed by atoms with van der Waals surface area (Å²) < 4.78 is 4.68. The number of thiazole rings is 1. The predicted molar refractivity (Wildman–Crippen MR) is 141 cm³/mol. The lowest BCUT2D eigenvalue weighted by Gasteiger charge is -2.32. The molecule has 0 spiro atoms. The van der Waals surface area contributed by atoms with Crippen LogP contribution in [0.5, 0.6) is 0 Å². The van der Waals surface area contributed by atoms with Crippen LogP contribution in [0.2, 0.25) is 0 Å². The first-order valence-electron chi connectivity index (χ1n) is 12.1. The molecule has 8 heteroatoms. The number of nitrogens with one attached hydrogen (secondary N) is 1. The average Bonchev–Trinajstić information content (AvgIpc) is 3.40. The standard InChI is InChI=1S/C28H31N3O4S/c1-18-8-10-20(11-9-18)22-6-4-5-7-23(22)29-26(33)24-17-36-27(30-24)21-12-14-31(15-13-21)28(34)19(2)16-25(32)35-3/h4-11,17,19,21H,12-16H2,1-3H3,(H,29,33)/t19-/m1/s1. The number of benzene rings is 2. The number of nitrogens with zero attached hydrogens (tertiary/aromatic N) is 2. The summed E-state index contributed by atoms with van der Waals surface area (Å²) in [6.45, 7) is 5.03. The van der Waals surface area contributed by atoms with Gasteiger partial charge in [0.25, 0.3) is 5.91 Å². The van der Waals surface area contributed by atoms with Gasteiger partial charge in [0.1, 0.15) is 5.69 Å². The van der Waals surface area contributed by atoms with E-state index in [-0.39, 0.29) is 30.1 Å². The summed E-state index contributed by atoms with van der Waals surface area (Å²) >= 11 is 1.49. The van der Waals surface area contributed by atoms with Gasteiger partial charge in [0.05, 0.1) is 18.5 Å². The monoisotopic (exact) mass is 505 g/mol. The highest BCUT2D eigenvalue weighted by Crippen LogP contribution is 2.32. The largest absolute Gasteiger partial charge is 0.469 e. The van der Waals surface area contributed by atoms with Crippen LogP contribution in [-0.2, 0) is 14.3 Å². The third-order valence-corrected chi connectivity index (χ3v) is 7.58. The van der Waals surface area contributed by atoms with E-state index in [1.54, 1.807) is 12.3 Å². The van der Waals surface area contributed by atoms with Gasteiger partial charge < -0.3 is 15.0 Å².